The Hall–Kier alpha value is -0.910. The van der Waals surface area contributed by atoms with Crippen molar-refractivity contribution in [1.29, 1.82) is 0 Å². The third kappa shape index (κ3) is 5.30. The van der Waals surface area contributed by atoms with E-state index in [0.717, 1.165) is 19.5 Å². The maximum absolute atomic E-state index is 12.0. The number of aliphatic carboxylic acids is 1. The van der Waals surface area contributed by atoms with Crippen molar-refractivity contribution in [1.82, 2.24) is 10.2 Å². The lowest BCUT2D eigenvalue weighted by Crippen LogP contribution is -2.49. The molecular weight excluding hydrogens is 264 g/mol. The Bertz CT molecular complexity index is 315. The zero-order chi connectivity index (χ0) is 14.4. The van der Waals surface area contributed by atoms with E-state index in [4.69, 9.17) is 5.11 Å². The fourth-order valence-corrected chi connectivity index (χ4v) is 3.65. The van der Waals surface area contributed by atoms with Crippen LogP contribution in [0.4, 0.5) is 4.79 Å². The highest BCUT2D eigenvalue weighted by Crippen LogP contribution is 2.24. The Balaban J connectivity index is 2.43. The SMILES string of the molecule is CCCC(CNC(=O)N1CC(C)SC(C)C1)C(=O)O. The molecule has 1 aliphatic heterocycles. The molecule has 0 bridgehead atoms. The quantitative estimate of drug-likeness (QED) is 0.812. The predicted molar refractivity (Wildman–Crippen MR) is 77.5 cm³/mol. The van der Waals surface area contributed by atoms with Crippen LogP contribution < -0.4 is 5.32 Å². The van der Waals surface area contributed by atoms with Crippen LogP contribution in [0.2, 0.25) is 0 Å². The van der Waals surface area contributed by atoms with Crippen molar-refractivity contribution in [3.8, 4) is 0 Å². The van der Waals surface area contributed by atoms with Gasteiger partial charge in [0.1, 0.15) is 0 Å². The third-order valence-corrected chi connectivity index (χ3v) is 4.42. The van der Waals surface area contributed by atoms with Gasteiger partial charge in [0.25, 0.3) is 0 Å². The molecule has 0 saturated carbocycles. The summed E-state index contributed by atoms with van der Waals surface area (Å²) in [5.41, 5.74) is 0. The van der Waals surface area contributed by atoms with Crippen LogP contribution in [0.5, 0.6) is 0 Å². The summed E-state index contributed by atoms with van der Waals surface area (Å²) in [6, 6.07) is -0.138. The molecule has 19 heavy (non-hydrogen) atoms. The van der Waals surface area contributed by atoms with E-state index in [1.54, 1.807) is 4.90 Å². The minimum Gasteiger partial charge on any atom is -0.481 e. The molecule has 1 fully saturated rings. The Labute approximate surface area is 119 Å². The van der Waals surface area contributed by atoms with Crippen LogP contribution >= 0.6 is 11.8 Å². The van der Waals surface area contributed by atoms with Crippen molar-refractivity contribution in [2.75, 3.05) is 19.6 Å². The molecule has 3 unspecified atom stereocenters. The number of nitrogens with one attached hydrogen (secondary N) is 1. The average molecular weight is 288 g/mol. The molecule has 3 atom stereocenters. The molecule has 0 spiro atoms. The van der Waals surface area contributed by atoms with E-state index < -0.39 is 11.9 Å². The highest BCUT2D eigenvalue weighted by Gasteiger charge is 2.26. The van der Waals surface area contributed by atoms with Gasteiger partial charge in [0, 0.05) is 30.1 Å². The minimum absolute atomic E-state index is 0.138. The van der Waals surface area contributed by atoms with Gasteiger partial charge in [-0.05, 0) is 6.42 Å². The molecule has 0 aromatic heterocycles. The van der Waals surface area contributed by atoms with E-state index in [1.807, 2.05) is 18.7 Å². The van der Waals surface area contributed by atoms with Gasteiger partial charge in [-0.25, -0.2) is 4.79 Å². The number of amides is 2. The number of carbonyl (C=O) groups is 2. The molecule has 1 saturated heterocycles. The Kier molecular flexibility index (Phi) is 6.48. The van der Waals surface area contributed by atoms with E-state index in [0.29, 0.717) is 16.9 Å². The largest absolute Gasteiger partial charge is 0.481 e. The van der Waals surface area contributed by atoms with E-state index in [2.05, 4.69) is 19.2 Å². The number of nitrogens with zero attached hydrogens (tertiary/aromatic N) is 1. The second-order valence-electron chi connectivity index (χ2n) is 5.17. The maximum Gasteiger partial charge on any atom is 0.317 e. The molecule has 110 valence electrons. The summed E-state index contributed by atoms with van der Waals surface area (Å²) >= 11 is 1.88. The lowest BCUT2D eigenvalue weighted by atomic mass is 10.0. The first-order valence-corrected chi connectivity index (χ1v) is 7.79. The Morgan fingerprint density at radius 3 is 2.42 bits per heavy atom. The molecule has 0 aromatic rings. The van der Waals surface area contributed by atoms with Crippen LogP contribution in [0.3, 0.4) is 0 Å². The fourth-order valence-electron chi connectivity index (χ4n) is 2.33. The summed E-state index contributed by atoms with van der Waals surface area (Å²) in [4.78, 5) is 24.8. The summed E-state index contributed by atoms with van der Waals surface area (Å²) in [6.45, 7) is 7.84. The van der Waals surface area contributed by atoms with Gasteiger partial charge in [-0.1, -0.05) is 27.2 Å². The molecule has 1 aliphatic rings. The Morgan fingerprint density at radius 2 is 1.95 bits per heavy atom. The van der Waals surface area contributed by atoms with Crippen molar-refractivity contribution in [2.45, 2.75) is 44.1 Å². The number of hydrogen-bond acceptors (Lipinski definition) is 3. The topological polar surface area (TPSA) is 69.6 Å². The van der Waals surface area contributed by atoms with Crippen molar-refractivity contribution in [3.63, 3.8) is 0 Å². The molecule has 0 radical (unpaired) electrons. The van der Waals surface area contributed by atoms with Gasteiger partial charge in [-0.2, -0.15) is 11.8 Å². The number of hydrogen-bond donors (Lipinski definition) is 2. The van der Waals surface area contributed by atoms with Gasteiger partial charge in [0.15, 0.2) is 0 Å². The van der Waals surface area contributed by atoms with Crippen LogP contribution in [0.25, 0.3) is 0 Å². The van der Waals surface area contributed by atoms with Crippen molar-refractivity contribution < 1.29 is 14.7 Å². The van der Waals surface area contributed by atoms with E-state index in [9.17, 15) is 9.59 Å². The monoisotopic (exact) mass is 288 g/mol. The van der Waals surface area contributed by atoms with Crippen LogP contribution in [0.1, 0.15) is 33.6 Å². The number of thioether (sulfide) groups is 1. The molecule has 6 heteroatoms. The van der Waals surface area contributed by atoms with Gasteiger partial charge in [0.2, 0.25) is 0 Å². The predicted octanol–water partition coefficient (Wildman–Crippen LogP) is 2.02. The average Bonchev–Trinajstić information content (AvgIpc) is 2.32. The Morgan fingerprint density at radius 1 is 1.37 bits per heavy atom. The first-order valence-electron chi connectivity index (χ1n) is 6.85. The van der Waals surface area contributed by atoms with Gasteiger partial charge < -0.3 is 15.3 Å². The van der Waals surface area contributed by atoms with E-state index >= 15 is 0 Å². The van der Waals surface area contributed by atoms with Crippen LogP contribution in [0, 0.1) is 5.92 Å². The highest BCUT2D eigenvalue weighted by molar-refractivity contribution is 8.00. The summed E-state index contributed by atoms with van der Waals surface area (Å²) in [5.74, 6) is -1.32. The second-order valence-corrected chi connectivity index (χ2v) is 7.05. The first kappa shape index (κ1) is 16.1. The molecule has 1 heterocycles. The van der Waals surface area contributed by atoms with Crippen LogP contribution in [-0.4, -0.2) is 52.1 Å². The maximum atomic E-state index is 12.0. The van der Waals surface area contributed by atoms with Gasteiger partial charge >= 0.3 is 12.0 Å². The molecular formula is C13H24N2O3S. The number of rotatable bonds is 5. The molecule has 1 rings (SSSR count). The number of urea groups is 1. The lowest BCUT2D eigenvalue weighted by molar-refractivity contribution is -0.141. The van der Waals surface area contributed by atoms with Crippen LogP contribution in [-0.2, 0) is 4.79 Å². The van der Waals surface area contributed by atoms with E-state index in [1.165, 1.54) is 0 Å². The van der Waals surface area contributed by atoms with Crippen molar-refractivity contribution in [2.24, 2.45) is 5.92 Å². The summed E-state index contributed by atoms with van der Waals surface area (Å²) < 4.78 is 0. The molecule has 0 aliphatic carbocycles. The third-order valence-electron chi connectivity index (χ3n) is 3.19. The number of carboxylic acid groups (broad SMARTS) is 1. The smallest absolute Gasteiger partial charge is 0.317 e. The zero-order valence-corrected chi connectivity index (χ0v) is 12.7. The first-order chi connectivity index (χ1) is 8.93. The molecule has 2 amide bonds. The van der Waals surface area contributed by atoms with E-state index in [-0.39, 0.29) is 12.6 Å². The summed E-state index contributed by atoms with van der Waals surface area (Å²) in [6.07, 6.45) is 1.40. The van der Waals surface area contributed by atoms with Gasteiger partial charge in [-0.3, -0.25) is 4.79 Å². The van der Waals surface area contributed by atoms with Gasteiger partial charge in [-0.15, -0.1) is 0 Å². The molecule has 0 aromatic carbocycles. The zero-order valence-electron chi connectivity index (χ0n) is 11.9. The summed E-state index contributed by atoms with van der Waals surface area (Å²) in [7, 11) is 0. The molecule has 2 N–H and O–H groups in total. The minimum atomic E-state index is -0.835. The fraction of sp³-hybridized carbons (Fsp3) is 0.846. The van der Waals surface area contributed by atoms with Crippen LogP contribution in [0.15, 0.2) is 0 Å². The van der Waals surface area contributed by atoms with Gasteiger partial charge in [0.05, 0.1) is 5.92 Å². The lowest BCUT2D eigenvalue weighted by Gasteiger charge is -2.34. The molecule has 5 nitrogen and oxygen atoms in total. The van der Waals surface area contributed by atoms with Crippen molar-refractivity contribution >= 4 is 23.8 Å². The highest BCUT2D eigenvalue weighted by atomic mass is 32.2. The summed E-state index contributed by atoms with van der Waals surface area (Å²) in [5, 5.41) is 12.7. The second kappa shape index (κ2) is 7.62. The number of carbonyl (C=O) groups excluding carboxylic acids is 1. The van der Waals surface area contributed by atoms with Crippen molar-refractivity contribution in [3.05, 3.63) is 0 Å². The normalized spacial score (nSPS) is 24.9. The standard InChI is InChI=1S/C13H24N2O3S/c1-4-5-11(12(16)17)6-14-13(18)15-7-9(2)19-10(3)8-15/h9-11H,4-8H2,1-3H3,(H,14,18)(H,16,17). The number of carboxylic acids is 1.